The van der Waals surface area contributed by atoms with Gasteiger partial charge in [0.25, 0.3) is 0 Å². The lowest BCUT2D eigenvalue weighted by molar-refractivity contribution is -0.121. The van der Waals surface area contributed by atoms with Gasteiger partial charge in [-0.25, -0.2) is 4.79 Å². The van der Waals surface area contributed by atoms with E-state index < -0.39 is 17.5 Å². The van der Waals surface area contributed by atoms with E-state index in [9.17, 15) is 24.9 Å². The molecule has 0 aliphatic rings. The Bertz CT molecular complexity index is 1300. The number of aryl methyl sites for hydroxylation is 1. The second-order valence-electron chi connectivity index (χ2n) is 8.05. The van der Waals surface area contributed by atoms with Crippen LogP contribution in [-0.2, 0) is 11.2 Å². The van der Waals surface area contributed by atoms with Crippen molar-refractivity contribution in [1.29, 1.82) is 0 Å². The molecule has 3 aromatic rings. The number of nitrogens with one attached hydrogen (secondary N) is 1. The summed E-state index contributed by atoms with van der Waals surface area (Å²) in [4.78, 5) is 25.8. The zero-order chi connectivity index (χ0) is 26.4. The molecule has 3 rings (SSSR count). The highest BCUT2D eigenvalue weighted by atomic mass is 16.5. The van der Waals surface area contributed by atoms with Gasteiger partial charge < -0.3 is 39.3 Å². The van der Waals surface area contributed by atoms with E-state index in [1.165, 1.54) is 46.5 Å². The third-order valence-corrected chi connectivity index (χ3v) is 5.71. The van der Waals surface area contributed by atoms with Crippen molar-refractivity contribution in [1.82, 2.24) is 5.32 Å². The Balaban J connectivity index is 1.94. The molecule has 192 valence electrons. The first kappa shape index (κ1) is 26.3. The van der Waals surface area contributed by atoms with Crippen molar-refractivity contribution in [2.75, 3.05) is 27.9 Å². The maximum absolute atomic E-state index is 13.0. The quantitative estimate of drug-likeness (QED) is 0.309. The third-order valence-electron chi connectivity index (χ3n) is 5.71. The Morgan fingerprint density at radius 3 is 2.28 bits per heavy atom. The van der Waals surface area contributed by atoms with Gasteiger partial charge in [0.05, 0.1) is 26.9 Å². The number of phenols is 2. The molecule has 0 bridgehead atoms. The first-order valence-corrected chi connectivity index (χ1v) is 11.1. The van der Waals surface area contributed by atoms with E-state index in [0.29, 0.717) is 23.3 Å². The number of carbonyl (C=O) groups is 1. The number of methoxy groups -OCH3 is 3. The van der Waals surface area contributed by atoms with Gasteiger partial charge >= 0.3 is 5.63 Å². The van der Waals surface area contributed by atoms with Crippen LogP contribution in [0.25, 0.3) is 0 Å². The van der Waals surface area contributed by atoms with Crippen LogP contribution >= 0.6 is 0 Å². The SMILES string of the molecule is COc1ccc(C(CC(=O)NCCc2ccc(O)c(O)c2)c2c(O)cc(C)oc2=O)c(OC)c1OC. The molecule has 1 aromatic heterocycles. The van der Waals surface area contributed by atoms with E-state index in [1.807, 2.05) is 0 Å². The zero-order valence-corrected chi connectivity index (χ0v) is 20.5. The minimum absolute atomic E-state index is 0.0928. The van der Waals surface area contributed by atoms with E-state index in [4.69, 9.17) is 18.6 Å². The Kier molecular flexibility index (Phi) is 8.31. The Labute approximate surface area is 207 Å². The van der Waals surface area contributed by atoms with Crippen LogP contribution in [0.1, 0.15) is 34.8 Å². The van der Waals surface area contributed by atoms with Crippen molar-refractivity contribution in [3.8, 4) is 34.5 Å². The summed E-state index contributed by atoms with van der Waals surface area (Å²) >= 11 is 0. The van der Waals surface area contributed by atoms with Crippen LogP contribution in [0.15, 0.2) is 45.6 Å². The summed E-state index contributed by atoms with van der Waals surface area (Å²) in [6, 6.07) is 8.97. The van der Waals surface area contributed by atoms with Gasteiger partial charge in [-0.15, -0.1) is 0 Å². The fourth-order valence-corrected chi connectivity index (χ4v) is 4.02. The van der Waals surface area contributed by atoms with Crippen molar-refractivity contribution in [3.05, 3.63) is 69.3 Å². The summed E-state index contributed by atoms with van der Waals surface area (Å²) in [7, 11) is 4.32. The number of ether oxygens (including phenoxy) is 3. The molecule has 0 radical (unpaired) electrons. The van der Waals surface area contributed by atoms with Crippen molar-refractivity contribution in [2.45, 2.75) is 25.7 Å². The van der Waals surface area contributed by atoms with Gasteiger partial charge in [-0.3, -0.25) is 4.79 Å². The Morgan fingerprint density at radius 1 is 0.944 bits per heavy atom. The van der Waals surface area contributed by atoms with Gasteiger partial charge in [0.1, 0.15) is 11.5 Å². The number of amides is 1. The summed E-state index contributed by atoms with van der Waals surface area (Å²) < 4.78 is 21.6. The smallest absolute Gasteiger partial charge is 0.343 e. The maximum Gasteiger partial charge on any atom is 0.343 e. The molecule has 10 nitrogen and oxygen atoms in total. The van der Waals surface area contributed by atoms with Gasteiger partial charge in [0.2, 0.25) is 11.7 Å². The first-order chi connectivity index (χ1) is 17.2. The molecular formula is C26H29NO9. The third kappa shape index (κ3) is 5.65. The summed E-state index contributed by atoms with van der Waals surface area (Å²) in [5.74, 6) is -1.00. The molecular weight excluding hydrogens is 470 g/mol. The Hall–Kier alpha value is -4.34. The minimum atomic E-state index is -0.936. The normalized spacial score (nSPS) is 11.6. The fraction of sp³-hybridized carbons (Fsp3) is 0.308. The molecule has 1 amide bonds. The second kappa shape index (κ2) is 11.4. The van der Waals surface area contributed by atoms with E-state index in [2.05, 4.69) is 5.32 Å². The Morgan fingerprint density at radius 2 is 1.67 bits per heavy atom. The van der Waals surface area contributed by atoms with Crippen LogP contribution in [0.5, 0.6) is 34.5 Å². The van der Waals surface area contributed by atoms with E-state index in [-0.39, 0.29) is 53.0 Å². The topological polar surface area (TPSA) is 148 Å². The van der Waals surface area contributed by atoms with Gasteiger partial charge in [-0.2, -0.15) is 0 Å². The number of hydrogen-bond donors (Lipinski definition) is 4. The number of carbonyl (C=O) groups excluding carboxylic acids is 1. The predicted octanol–water partition coefficient (Wildman–Crippen LogP) is 2.97. The fourth-order valence-electron chi connectivity index (χ4n) is 4.02. The average molecular weight is 500 g/mol. The molecule has 2 aromatic carbocycles. The lowest BCUT2D eigenvalue weighted by atomic mass is 9.87. The van der Waals surface area contributed by atoms with E-state index in [1.54, 1.807) is 18.2 Å². The molecule has 36 heavy (non-hydrogen) atoms. The van der Waals surface area contributed by atoms with Crippen molar-refractivity contribution >= 4 is 5.91 Å². The predicted molar refractivity (Wildman–Crippen MR) is 130 cm³/mol. The molecule has 0 fully saturated rings. The van der Waals surface area contributed by atoms with Crippen LogP contribution in [0.2, 0.25) is 0 Å². The number of aromatic hydroxyl groups is 3. The standard InChI is InChI=1S/C26H29NO9/c1-14-11-20(30)23(26(32)36-14)17(16-6-8-21(33-2)25(35-4)24(16)34-3)13-22(31)27-10-9-15-5-7-18(28)19(29)12-15/h5-8,11-12,17,28-30H,9-10,13H2,1-4H3,(H,27,31). The first-order valence-electron chi connectivity index (χ1n) is 11.1. The van der Waals surface area contributed by atoms with Gasteiger partial charge in [0, 0.05) is 30.5 Å². The largest absolute Gasteiger partial charge is 0.507 e. The molecule has 0 aliphatic carbocycles. The number of benzene rings is 2. The highest BCUT2D eigenvalue weighted by Gasteiger charge is 2.30. The monoisotopic (exact) mass is 499 g/mol. The number of rotatable bonds is 10. The summed E-state index contributed by atoms with van der Waals surface area (Å²) in [6.45, 7) is 1.76. The van der Waals surface area contributed by atoms with Gasteiger partial charge in [-0.1, -0.05) is 12.1 Å². The summed E-state index contributed by atoms with van der Waals surface area (Å²) in [5, 5.41) is 32.5. The van der Waals surface area contributed by atoms with Gasteiger partial charge in [-0.05, 0) is 37.1 Å². The zero-order valence-electron chi connectivity index (χ0n) is 20.5. The summed E-state index contributed by atoms with van der Waals surface area (Å²) in [5.41, 5.74) is 0.257. The minimum Gasteiger partial charge on any atom is -0.507 e. The van der Waals surface area contributed by atoms with Crippen molar-refractivity contribution in [3.63, 3.8) is 0 Å². The van der Waals surface area contributed by atoms with Crippen molar-refractivity contribution < 1.29 is 38.7 Å². The molecule has 1 atom stereocenters. The number of phenolic OH excluding ortho intramolecular Hbond substituents is 2. The number of hydrogen-bond acceptors (Lipinski definition) is 9. The molecule has 0 spiro atoms. The maximum atomic E-state index is 13.0. The van der Waals surface area contributed by atoms with E-state index in [0.717, 1.165) is 0 Å². The molecule has 0 aliphatic heterocycles. The average Bonchev–Trinajstić information content (AvgIpc) is 2.83. The molecule has 1 heterocycles. The molecule has 0 saturated carbocycles. The van der Waals surface area contributed by atoms with E-state index >= 15 is 0 Å². The van der Waals surface area contributed by atoms with Crippen LogP contribution in [0.4, 0.5) is 0 Å². The van der Waals surface area contributed by atoms with Crippen molar-refractivity contribution in [2.24, 2.45) is 0 Å². The molecule has 0 saturated heterocycles. The lowest BCUT2D eigenvalue weighted by Crippen LogP contribution is -2.29. The van der Waals surface area contributed by atoms with Gasteiger partial charge in [0.15, 0.2) is 23.0 Å². The summed E-state index contributed by atoms with van der Waals surface area (Å²) in [6.07, 6.45) is 0.176. The van der Waals surface area contributed by atoms with Crippen LogP contribution in [0.3, 0.4) is 0 Å². The van der Waals surface area contributed by atoms with Crippen LogP contribution in [-0.4, -0.2) is 49.1 Å². The lowest BCUT2D eigenvalue weighted by Gasteiger charge is -2.22. The second-order valence-corrected chi connectivity index (χ2v) is 8.05. The molecule has 10 heteroatoms. The van der Waals surface area contributed by atoms with Crippen LogP contribution < -0.4 is 25.2 Å². The van der Waals surface area contributed by atoms with Crippen LogP contribution in [0, 0.1) is 6.92 Å². The highest BCUT2D eigenvalue weighted by Crippen LogP contribution is 2.45. The highest BCUT2D eigenvalue weighted by molar-refractivity contribution is 5.78. The molecule has 1 unspecified atom stereocenters. The molecule has 4 N–H and O–H groups in total.